The predicted octanol–water partition coefficient (Wildman–Crippen LogP) is 1.84. The molecule has 6 heteroatoms. The van der Waals surface area contributed by atoms with E-state index in [1.54, 1.807) is 42.5 Å². The Bertz CT molecular complexity index is 733. The van der Waals surface area contributed by atoms with Gasteiger partial charge in [-0.05, 0) is 18.2 Å². The third-order valence-electron chi connectivity index (χ3n) is 3.28. The highest BCUT2D eigenvalue weighted by atomic mass is 19.1. The number of carbonyl (C=O) groups is 2. The second-order valence-electron chi connectivity index (χ2n) is 4.79. The summed E-state index contributed by atoms with van der Waals surface area (Å²) in [6.45, 7) is -0.0136. The van der Waals surface area contributed by atoms with Crippen LogP contribution in [0.15, 0.2) is 48.5 Å². The minimum atomic E-state index is -1.29. The second-order valence-corrected chi connectivity index (χ2v) is 4.79. The van der Waals surface area contributed by atoms with Gasteiger partial charge >= 0.3 is 0 Å². The first-order valence-corrected chi connectivity index (χ1v) is 6.73. The summed E-state index contributed by atoms with van der Waals surface area (Å²) in [5, 5.41) is 5.11. The van der Waals surface area contributed by atoms with Gasteiger partial charge in [-0.15, -0.1) is 0 Å². The minimum Gasteiger partial charge on any atom is -0.468 e. The maximum absolute atomic E-state index is 13.5. The molecule has 0 saturated heterocycles. The normalized spacial score (nSPS) is 16.2. The van der Waals surface area contributed by atoms with Crippen molar-refractivity contribution >= 4 is 17.5 Å². The molecule has 0 unspecified atom stereocenters. The van der Waals surface area contributed by atoms with E-state index in [4.69, 9.17) is 4.74 Å². The number of amides is 2. The predicted molar refractivity (Wildman–Crippen MR) is 77.7 cm³/mol. The highest BCUT2D eigenvalue weighted by Gasteiger charge is 2.33. The van der Waals surface area contributed by atoms with Gasteiger partial charge in [0.2, 0.25) is 0 Å². The lowest BCUT2D eigenvalue weighted by molar-refractivity contribution is -0.137. The molecule has 0 spiro atoms. The molecule has 0 fully saturated rings. The molecule has 2 aromatic rings. The number of ether oxygens (including phenoxy) is 1. The number of nitrogens with one attached hydrogen (secondary N) is 2. The number of hydrogen-bond donors (Lipinski definition) is 2. The molecule has 0 bridgehead atoms. The van der Waals surface area contributed by atoms with E-state index >= 15 is 0 Å². The number of carbonyl (C=O) groups excluding carboxylic acids is 2. The standard InChI is InChI=1S/C16H13FN2O3/c17-11-6-2-1-5-10(11)9-18-15(20)14-16(21)19-12-7-3-4-8-13(12)22-14/h1-8,14H,9H2,(H,18,20)(H,19,21)/t14-/m0/s1. The van der Waals surface area contributed by atoms with Crippen LogP contribution in [-0.2, 0) is 16.1 Å². The van der Waals surface area contributed by atoms with E-state index in [1.165, 1.54) is 6.07 Å². The summed E-state index contributed by atoms with van der Waals surface area (Å²) in [6.07, 6.45) is -1.29. The number of hydrogen-bond acceptors (Lipinski definition) is 3. The van der Waals surface area contributed by atoms with Gasteiger partial charge in [0, 0.05) is 12.1 Å². The van der Waals surface area contributed by atoms with Crippen molar-refractivity contribution in [3.63, 3.8) is 0 Å². The SMILES string of the molecule is O=C(NCc1ccccc1F)[C@@H]1Oc2ccccc2NC1=O. The van der Waals surface area contributed by atoms with Gasteiger partial charge in [0.1, 0.15) is 11.6 Å². The third kappa shape index (κ3) is 2.76. The van der Waals surface area contributed by atoms with Crippen molar-refractivity contribution in [2.45, 2.75) is 12.6 Å². The quantitative estimate of drug-likeness (QED) is 0.850. The van der Waals surface area contributed by atoms with Gasteiger partial charge in [0.15, 0.2) is 0 Å². The summed E-state index contributed by atoms with van der Waals surface area (Å²) >= 11 is 0. The summed E-state index contributed by atoms with van der Waals surface area (Å²) in [5.41, 5.74) is 0.859. The van der Waals surface area contributed by atoms with Crippen LogP contribution >= 0.6 is 0 Å². The van der Waals surface area contributed by atoms with Gasteiger partial charge in [-0.1, -0.05) is 30.3 Å². The molecule has 5 nitrogen and oxygen atoms in total. The van der Waals surface area contributed by atoms with Gasteiger partial charge in [0.05, 0.1) is 5.69 Å². The average molecular weight is 300 g/mol. The van der Waals surface area contributed by atoms with E-state index in [0.717, 1.165) is 0 Å². The number of anilines is 1. The van der Waals surface area contributed by atoms with Crippen LogP contribution in [-0.4, -0.2) is 17.9 Å². The molecule has 2 N–H and O–H groups in total. The zero-order valence-electron chi connectivity index (χ0n) is 11.5. The van der Waals surface area contributed by atoms with Crippen LogP contribution in [0.4, 0.5) is 10.1 Å². The number of benzene rings is 2. The Morgan fingerprint density at radius 2 is 1.91 bits per heavy atom. The van der Waals surface area contributed by atoms with Crippen LogP contribution in [0.2, 0.25) is 0 Å². The third-order valence-corrected chi connectivity index (χ3v) is 3.28. The first-order chi connectivity index (χ1) is 10.6. The molecule has 0 saturated carbocycles. The Morgan fingerprint density at radius 1 is 1.18 bits per heavy atom. The van der Waals surface area contributed by atoms with E-state index in [1.807, 2.05) is 0 Å². The Morgan fingerprint density at radius 3 is 2.73 bits per heavy atom. The van der Waals surface area contributed by atoms with Crippen LogP contribution < -0.4 is 15.4 Å². The van der Waals surface area contributed by atoms with Gasteiger partial charge in [-0.3, -0.25) is 9.59 Å². The minimum absolute atomic E-state index is 0.0136. The molecular weight excluding hydrogens is 287 g/mol. The molecule has 1 heterocycles. The zero-order valence-corrected chi connectivity index (χ0v) is 11.5. The fraction of sp³-hybridized carbons (Fsp3) is 0.125. The van der Waals surface area contributed by atoms with E-state index in [-0.39, 0.29) is 6.54 Å². The zero-order chi connectivity index (χ0) is 15.5. The molecule has 0 aliphatic carbocycles. The van der Waals surface area contributed by atoms with Crippen molar-refractivity contribution in [3.05, 3.63) is 59.9 Å². The van der Waals surface area contributed by atoms with Crippen molar-refractivity contribution in [1.29, 1.82) is 0 Å². The molecule has 0 aromatic heterocycles. The molecule has 1 aliphatic heterocycles. The maximum atomic E-state index is 13.5. The van der Waals surface area contributed by atoms with E-state index in [9.17, 15) is 14.0 Å². The Labute approximate surface area is 126 Å². The van der Waals surface area contributed by atoms with E-state index in [2.05, 4.69) is 10.6 Å². The fourth-order valence-corrected chi connectivity index (χ4v) is 2.14. The number of fused-ring (bicyclic) bond motifs is 1. The Kier molecular flexibility index (Phi) is 3.74. The summed E-state index contributed by atoms with van der Waals surface area (Å²) < 4.78 is 18.9. The first-order valence-electron chi connectivity index (χ1n) is 6.73. The van der Waals surface area contributed by atoms with E-state index < -0.39 is 23.7 Å². The van der Waals surface area contributed by atoms with Crippen LogP contribution in [0.1, 0.15) is 5.56 Å². The lowest BCUT2D eigenvalue weighted by atomic mass is 10.2. The molecule has 2 aromatic carbocycles. The van der Waals surface area contributed by atoms with Crippen LogP contribution in [0.25, 0.3) is 0 Å². The highest BCUT2D eigenvalue weighted by Crippen LogP contribution is 2.28. The molecule has 1 aliphatic rings. The molecule has 22 heavy (non-hydrogen) atoms. The molecule has 3 rings (SSSR count). The number of para-hydroxylation sites is 2. The Hall–Kier alpha value is -2.89. The van der Waals surface area contributed by atoms with E-state index in [0.29, 0.717) is 17.0 Å². The Balaban J connectivity index is 1.68. The lowest BCUT2D eigenvalue weighted by Gasteiger charge is -2.24. The van der Waals surface area contributed by atoms with Crippen LogP contribution in [0.5, 0.6) is 5.75 Å². The van der Waals surface area contributed by atoms with Crippen molar-refractivity contribution in [2.75, 3.05) is 5.32 Å². The molecule has 112 valence electrons. The highest BCUT2D eigenvalue weighted by molar-refractivity contribution is 6.11. The number of rotatable bonds is 3. The van der Waals surface area contributed by atoms with Gasteiger partial charge in [-0.2, -0.15) is 0 Å². The smallest absolute Gasteiger partial charge is 0.275 e. The van der Waals surface area contributed by atoms with Crippen LogP contribution in [0, 0.1) is 5.82 Å². The average Bonchev–Trinajstić information content (AvgIpc) is 2.53. The maximum Gasteiger partial charge on any atom is 0.275 e. The first kappa shape index (κ1) is 14.1. The van der Waals surface area contributed by atoms with Gasteiger partial charge in [-0.25, -0.2) is 4.39 Å². The summed E-state index contributed by atoms with van der Waals surface area (Å²) in [4.78, 5) is 24.0. The summed E-state index contributed by atoms with van der Waals surface area (Å²) in [6, 6.07) is 12.9. The lowest BCUT2D eigenvalue weighted by Crippen LogP contribution is -2.48. The van der Waals surface area contributed by atoms with Crippen molar-refractivity contribution < 1.29 is 18.7 Å². The van der Waals surface area contributed by atoms with Gasteiger partial charge < -0.3 is 15.4 Å². The monoisotopic (exact) mass is 300 g/mol. The molecule has 1 atom stereocenters. The summed E-state index contributed by atoms with van der Waals surface area (Å²) in [5.74, 6) is -1.16. The van der Waals surface area contributed by atoms with Crippen molar-refractivity contribution in [3.8, 4) is 5.75 Å². The second kappa shape index (κ2) is 5.85. The summed E-state index contributed by atoms with van der Waals surface area (Å²) in [7, 11) is 0. The molecule has 2 amide bonds. The fourth-order valence-electron chi connectivity index (χ4n) is 2.14. The van der Waals surface area contributed by atoms with Crippen LogP contribution in [0.3, 0.4) is 0 Å². The number of halogens is 1. The topological polar surface area (TPSA) is 67.4 Å². The van der Waals surface area contributed by atoms with Gasteiger partial charge in [0.25, 0.3) is 17.9 Å². The van der Waals surface area contributed by atoms with Crippen molar-refractivity contribution in [2.24, 2.45) is 0 Å². The van der Waals surface area contributed by atoms with Crippen molar-refractivity contribution in [1.82, 2.24) is 5.32 Å². The molecule has 0 radical (unpaired) electrons. The molecular formula is C16H13FN2O3. The largest absolute Gasteiger partial charge is 0.468 e.